The van der Waals surface area contributed by atoms with Crippen molar-refractivity contribution in [2.24, 2.45) is 5.10 Å². The number of nitrogens with zero attached hydrogens (tertiary/aromatic N) is 4. The zero-order valence-electron chi connectivity index (χ0n) is 19.0. The topological polar surface area (TPSA) is 90.6 Å². The van der Waals surface area contributed by atoms with Crippen LogP contribution in [-0.4, -0.2) is 46.9 Å². The molecule has 1 heterocycles. The van der Waals surface area contributed by atoms with Crippen molar-refractivity contribution in [3.05, 3.63) is 83.4 Å². The molecule has 10 heteroatoms. The SMILES string of the molecule is COc1ccc(-c2nnc(SCC(=O)NN=Cc3ccc(Cl)cc3)n2-c2ccc(OC)cc2)cc1. The van der Waals surface area contributed by atoms with Gasteiger partial charge in [0, 0.05) is 16.3 Å². The second-order valence-corrected chi connectivity index (χ2v) is 8.58. The number of carbonyl (C=O) groups excluding carboxylic acids is 1. The molecule has 0 saturated carbocycles. The molecule has 0 saturated heterocycles. The van der Waals surface area contributed by atoms with E-state index in [4.69, 9.17) is 21.1 Å². The fourth-order valence-electron chi connectivity index (χ4n) is 3.14. The van der Waals surface area contributed by atoms with Crippen LogP contribution in [0, 0.1) is 0 Å². The monoisotopic (exact) mass is 507 g/mol. The smallest absolute Gasteiger partial charge is 0.250 e. The summed E-state index contributed by atoms with van der Waals surface area (Å²) in [6.45, 7) is 0. The van der Waals surface area contributed by atoms with Gasteiger partial charge in [0.1, 0.15) is 11.5 Å². The fraction of sp³-hybridized carbons (Fsp3) is 0.120. The highest BCUT2D eigenvalue weighted by Gasteiger charge is 2.17. The lowest BCUT2D eigenvalue weighted by Crippen LogP contribution is -2.20. The van der Waals surface area contributed by atoms with E-state index in [2.05, 4.69) is 20.7 Å². The molecule has 0 bridgehead atoms. The molecule has 178 valence electrons. The van der Waals surface area contributed by atoms with E-state index in [1.165, 1.54) is 11.8 Å². The second-order valence-electron chi connectivity index (χ2n) is 7.20. The van der Waals surface area contributed by atoms with Gasteiger partial charge in [-0.2, -0.15) is 5.10 Å². The standard InChI is InChI=1S/C25H22ClN5O3S/c1-33-21-11-5-18(6-12-21)24-29-30-25(31(24)20-9-13-22(34-2)14-10-20)35-16-23(32)28-27-15-17-3-7-19(26)8-4-17/h3-15H,16H2,1-2H3,(H,28,32). The second kappa shape index (κ2) is 11.5. The summed E-state index contributed by atoms with van der Waals surface area (Å²) in [6, 6.07) is 22.2. The van der Waals surface area contributed by atoms with Gasteiger partial charge in [-0.1, -0.05) is 35.5 Å². The average molecular weight is 508 g/mol. The highest BCUT2D eigenvalue weighted by atomic mass is 35.5. The molecule has 0 spiro atoms. The molecular weight excluding hydrogens is 486 g/mol. The number of amides is 1. The van der Waals surface area contributed by atoms with Crippen molar-refractivity contribution < 1.29 is 14.3 Å². The van der Waals surface area contributed by atoms with Crippen LogP contribution in [0.2, 0.25) is 5.02 Å². The highest BCUT2D eigenvalue weighted by molar-refractivity contribution is 7.99. The number of hydrazone groups is 1. The molecule has 3 aromatic carbocycles. The third-order valence-corrected chi connectivity index (χ3v) is 6.10. The molecule has 0 unspecified atom stereocenters. The largest absolute Gasteiger partial charge is 0.497 e. The summed E-state index contributed by atoms with van der Waals surface area (Å²) in [4.78, 5) is 12.4. The molecule has 8 nitrogen and oxygen atoms in total. The number of ether oxygens (including phenoxy) is 2. The van der Waals surface area contributed by atoms with E-state index in [-0.39, 0.29) is 11.7 Å². The summed E-state index contributed by atoms with van der Waals surface area (Å²) in [5.41, 5.74) is 5.05. The van der Waals surface area contributed by atoms with Gasteiger partial charge in [0.15, 0.2) is 11.0 Å². The molecule has 4 rings (SSSR count). The van der Waals surface area contributed by atoms with Gasteiger partial charge >= 0.3 is 0 Å². The summed E-state index contributed by atoms with van der Waals surface area (Å²) >= 11 is 7.14. The number of carbonyl (C=O) groups is 1. The van der Waals surface area contributed by atoms with E-state index in [0.717, 1.165) is 28.3 Å². The van der Waals surface area contributed by atoms with Gasteiger partial charge in [-0.15, -0.1) is 10.2 Å². The molecule has 0 fully saturated rings. The van der Waals surface area contributed by atoms with Crippen LogP contribution in [0.15, 0.2) is 83.1 Å². The van der Waals surface area contributed by atoms with Gasteiger partial charge in [0.25, 0.3) is 5.91 Å². The molecule has 4 aromatic rings. The van der Waals surface area contributed by atoms with Crippen LogP contribution in [-0.2, 0) is 4.79 Å². The minimum Gasteiger partial charge on any atom is -0.497 e. The third-order valence-electron chi connectivity index (χ3n) is 4.92. The molecule has 0 radical (unpaired) electrons. The average Bonchev–Trinajstić information content (AvgIpc) is 3.32. The van der Waals surface area contributed by atoms with E-state index >= 15 is 0 Å². The van der Waals surface area contributed by atoms with Gasteiger partial charge in [0.2, 0.25) is 0 Å². The maximum Gasteiger partial charge on any atom is 0.250 e. The molecule has 0 aliphatic rings. The lowest BCUT2D eigenvalue weighted by atomic mass is 10.2. The zero-order chi connectivity index (χ0) is 24.6. The number of thioether (sulfide) groups is 1. The maximum absolute atomic E-state index is 12.4. The Bertz CT molecular complexity index is 1310. The number of halogens is 1. The van der Waals surface area contributed by atoms with Crippen LogP contribution in [0.1, 0.15) is 5.56 Å². The van der Waals surface area contributed by atoms with Crippen molar-refractivity contribution >= 4 is 35.5 Å². The molecule has 1 N–H and O–H groups in total. The Hall–Kier alpha value is -3.82. The number of aromatic nitrogens is 3. The third kappa shape index (κ3) is 6.20. The predicted octanol–water partition coefficient (Wildman–Crippen LogP) is 4.85. The van der Waals surface area contributed by atoms with Gasteiger partial charge in [-0.05, 0) is 66.2 Å². The number of hydrogen-bond acceptors (Lipinski definition) is 7. The quantitative estimate of drug-likeness (QED) is 0.198. The Kier molecular flexibility index (Phi) is 8.02. The van der Waals surface area contributed by atoms with E-state index in [0.29, 0.717) is 16.0 Å². The Balaban J connectivity index is 1.52. The van der Waals surface area contributed by atoms with Crippen molar-refractivity contribution in [1.82, 2.24) is 20.2 Å². The van der Waals surface area contributed by atoms with Crippen molar-refractivity contribution in [3.8, 4) is 28.6 Å². The van der Waals surface area contributed by atoms with Crippen molar-refractivity contribution in [2.75, 3.05) is 20.0 Å². The van der Waals surface area contributed by atoms with Crippen LogP contribution in [0.4, 0.5) is 0 Å². The van der Waals surface area contributed by atoms with Crippen molar-refractivity contribution in [1.29, 1.82) is 0 Å². The molecule has 1 aromatic heterocycles. The van der Waals surface area contributed by atoms with E-state index in [1.807, 2.05) is 65.2 Å². The molecule has 1 amide bonds. The predicted molar refractivity (Wildman–Crippen MR) is 138 cm³/mol. The van der Waals surface area contributed by atoms with E-state index < -0.39 is 0 Å². The lowest BCUT2D eigenvalue weighted by molar-refractivity contribution is -0.118. The molecule has 35 heavy (non-hydrogen) atoms. The zero-order valence-corrected chi connectivity index (χ0v) is 20.6. The minimum absolute atomic E-state index is 0.106. The normalized spacial score (nSPS) is 10.9. The Morgan fingerprint density at radius 1 is 0.971 bits per heavy atom. The van der Waals surface area contributed by atoms with Crippen LogP contribution in [0.25, 0.3) is 17.1 Å². The summed E-state index contributed by atoms with van der Waals surface area (Å²) in [5.74, 6) is 1.96. The van der Waals surface area contributed by atoms with Crippen LogP contribution in [0.3, 0.4) is 0 Å². The van der Waals surface area contributed by atoms with Crippen LogP contribution < -0.4 is 14.9 Å². The number of benzene rings is 3. The first-order valence-corrected chi connectivity index (χ1v) is 11.9. The van der Waals surface area contributed by atoms with Gasteiger partial charge < -0.3 is 9.47 Å². The summed E-state index contributed by atoms with van der Waals surface area (Å²) in [7, 11) is 3.24. The fourth-order valence-corrected chi connectivity index (χ4v) is 4.01. The summed E-state index contributed by atoms with van der Waals surface area (Å²) < 4.78 is 12.4. The maximum atomic E-state index is 12.4. The number of methoxy groups -OCH3 is 2. The molecule has 0 aliphatic carbocycles. The number of rotatable bonds is 9. The molecule has 0 atom stereocenters. The first-order valence-electron chi connectivity index (χ1n) is 10.5. The highest BCUT2D eigenvalue weighted by Crippen LogP contribution is 2.29. The van der Waals surface area contributed by atoms with Crippen molar-refractivity contribution in [2.45, 2.75) is 5.16 Å². The summed E-state index contributed by atoms with van der Waals surface area (Å²) in [5, 5.41) is 13.9. The van der Waals surface area contributed by atoms with Gasteiger partial charge in [0.05, 0.1) is 26.2 Å². The number of hydrogen-bond donors (Lipinski definition) is 1. The van der Waals surface area contributed by atoms with E-state index in [1.54, 1.807) is 32.6 Å². The number of nitrogens with one attached hydrogen (secondary N) is 1. The van der Waals surface area contributed by atoms with Gasteiger partial charge in [-0.3, -0.25) is 9.36 Å². The minimum atomic E-state index is -0.268. The van der Waals surface area contributed by atoms with Crippen molar-refractivity contribution in [3.63, 3.8) is 0 Å². The van der Waals surface area contributed by atoms with Crippen LogP contribution in [0.5, 0.6) is 11.5 Å². The van der Waals surface area contributed by atoms with Gasteiger partial charge in [-0.25, -0.2) is 5.43 Å². The molecule has 0 aliphatic heterocycles. The lowest BCUT2D eigenvalue weighted by Gasteiger charge is -2.11. The van der Waals surface area contributed by atoms with Crippen LogP contribution >= 0.6 is 23.4 Å². The first kappa shape index (κ1) is 24.3. The first-order chi connectivity index (χ1) is 17.1. The Morgan fingerprint density at radius 3 is 2.23 bits per heavy atom. The Labute approximate surface area is 211 Å². The molecular formula is C25H22ClN5O3S. The Morgan fingerprint density at radius 2 is 1.60 bits per heavy atom. The summed E-state index contributed by atoms with van der Waals surface area (Å²) in [6.07, 6.45) is 1.56. The van der Waals surface area contributed by atoms with E-state index in [9.17, 15) is 4.79 Å².